The van der Waals surface area contributed by atoms with Gasteiger partial charge in [0, 0.05) is 11.1 Å². The fourth-order valence-corrected chi connectivity index (χ4v) is 4.75. The van der Waals surface area contributed by atoms with E-state index < -0.39 is 15.8 Å². The number of hydrogen-bond acceptors (Lipinski definition) is 2. The van der Waals surface area contributed by atoms with Crippen molar-refractivity contribution in [1.29, 1.82) is 0 Å². The maximum Gasteiger partial charge on any atom is 0.267 e. The molecule has 0 aromatic heterocycles. The van der Waals surface area contributed by atoms with Crippen LogP contribution in [0.4, 0.5) is 10.1 Å². The monoisotopic (exact) mass is 339 g/mol. The molecule has 2 aromatic rings. The Hall–Kier alpha value is -1.59. The molecule has 0 aliphatic carbocycles. The Bertz CT molecular complexity index is 823. The molecule has 3 rings (SSSR count). The number of para-hydroxylation sites is 1. The van der Waals surface area contributed by atoms with Crippen LogP contribution in [0.25, 0.3) is 0 Å². The van der Waals surface area contributed by atoms with E-state index in [9.17, 15) is 12.8 Å². The summed E-state index contributed by atoms with van der Waals surface area (Å²) in [5.74, 6) is -0.831. The number of aryl methyl sites for hydroxylation is 1. The van der Waals surface area contributed by atoms with Crippen molar-refractivity contribution in [2.45, 2.75) is 30.7 Å². The number of nitrogens with zero attached hydrogens (tertiary/aromatic N) is 1. The summed E-state index contributed by atoms with van der Waals surface area (Å²) in [5.41, 5.74) is 1.58. The van der Waals surface area contributed by atoms with Gasteiger partial charge in [-0.05, 0) is 49.6 Å². The summed E-state index contributed by atoms with van der Waals surface area (Å²) in [6.07, 6.45) is 1.51. The van der Waals surface area contributed by atoms with Gasteiger partial charge < -0.3 is 0 Å². The lowest BCUT2D eigenvalue weighted by Gasteiger charge is -2.36. The SMILES string of the molecule is C[C@@H]1CCc2ccccc2N1S(=O)(=O)c1ccc(Cl)cc1F. The van der Waals surface area contributed by atoms with Crippen molar-refractivity contribution in [3.63, 3.8) is 0 Å². The molecule has 0 bridgehead atoms. The summed E-state index contributed by atoms with van der Waals surface area (Å²) >= 11 is 5.71. The van der Waals surface area contributed by atoms with Gasteiger partial charge in [0.25, 0.3) is 10.0 Å². The van der Waals surface area contributed by atoms with E-state index in [-0.39, 0.29) is 16.0 Å². The smallest absolute Gasteiger partial charge is 0.263 e. The zero-order valence-electron chi connectivity index (χ0n) is 12.0. The van der Waals surface area contributed by atoms with E-state index in [2.05, 4.69) is 0 Å². The second kappa shape index (κ2) is 5.56. The lowest BCUT2D eigenvalue weighted by molar-refractivity contribution is 0.546. The van der Waals surface area contributed by atoms with Crippen LogP contribution in [-0.2, 0) is 16.4 Å². The number of sulfonamides is 1. The third kappa shape index (κ3) is 2.48. The quantitative estimate of drug-likeness (QED) is 0.829. The molecule has 116 valence electrons. The van der Waals surface area contributed by atoms with Crippen molar-refractivity contribution >= 4 is 27.3 Å². The molecule has 0 saturated carbocycles. The lowest BCUT2D eigenvalue weighted by Crippen LogP contribution is -2.42. The third-order valence-corrected chi connectivity index (χ3v) is 6.09. The van der Waals surface area contributed by atoms with Crippen LogP contribution in [0.2, 0.25) is 5.02 Å². The van der Waals surface area contributed by atoms with Gasteiger partial charge in [-0.3, -0.25) is 4.31 Å². The van der Waals surface area contributed by atoms with Gasteiger partial charge in [0.1, 0.15) is 10.7 Å². The van der Waals surface area contributed by atoms with Crippen molar-refractivity contribution < 1.29 is 12.8 Å². The molecular weight excluding hydrogens is 325 g/mol. The standard InChI is InChI=1S/C16H15ClFNO2S/c1-11-6-7-12-4-2-3-5-15(12)19(11)22(20,21)16-9-8-13(17)10-14(16)18/h2-5,8-11H,6-7H2,1H3/t11-/m1/s1. The van der Waals surface area contributed by atoms with Crippen molar-refractivity contribution in [1.82, 2.24) is 0 Å². The highest BCUT2D eigenvalue weighted by molar-refractivity contribution is 7.92. The van der Waals surface area contributed by atoms with Gasteiger partial charge in [0.05, 0.1) is 5.69 Å². The zero-order chi connectivity index (χ0) is 15.9. The largest absolute Gasteiger partial charge is 0.267 e. The molecule has 6 heteroatoms. The molecular formula is C16H15ClFNO2S. The van der Waals surface area contributed by atoms with E-state index in [1.807, 2.05) is 19.1 Å². The molecule has 0 spiro atoms. The second-order valence-electron chi connectivity index (χ2n) is 5.39. The molecule has 1 aliphatic rings. The number of benzene rings is 2. The van der Waals surface area contributed by atoms with Crippen molar-refractivity contribution in [2.24, 2.45) is 0 Å². The van der Waals surface area contributed by atoms with Crippen LogP contribution >= 0.6 is 11.6 Å². The Labute approximate surface area is 134 Å². The number of anilines is 1. The van der Waals surface area contributed by atoms with Crippen LogP contribution in [0.15, 0.2) is 47.4 Å². The predicted octanol–water partition coefficient (Wildman–Crippen LogP) is 4.01. The first-order valence-corrected chi connectivity index (χ1v) is 8.80. The molecule has 0 fully saturated rings. The third-order valence-electron chi connectivity index (χ3n) is 3.89. The predicted molar refractivity (Wildman–Crippen MR) is 85.3 cm³/mol. The lowest BCUT2D eigenvalue weighted by atomic mass is 9.99. The van der Waals surface area contributed by atoms with E-state index in [1.165, 1.54) is 16.4 Å². The first kappa shape index (κ1) is 15.3. The maximum absolute atomic E-state index is 14.1. The maximum atomic E-state index is 14.1. The van der Waals surface area contributed by atoms with Crippen molar-refractivity contribution in [2.75, 3.05) is 4.31 Å². The topological polar surface area (TPSA) is 37.4 Å². The van der Waals surface area contributed by atoms with Crippen LogP contribution in [0, 0.1) is 5.82 Å². The Kier molecular flexibility index (Phi) is 3.87. The van der Waals surface area contributed by atoms with Crippen LogP contribution in [0.3, 0.4) is 0 Å². The molecule has 0 amide bonds. The summed E-state index contributed by atoms with van der Waals surface area (Å²) in [5, 5.41) is 0.170. The van der Waals surface area contributed by atoms with Gasteiger partial charge in [-0.2, -0.15) is 0 Å². The van der Waals surface area contributed by atoms with E-state index in [1.54, 1.807) is 12.1 Å². The van der Waals surface area contributed by atoms with E-state index in [4.69, 9.17) is 11.6 Å². The minimum Gasteiger partial charge on any atom is -0.263 e. The van der Waals surface area contributed by atoms with Gasteiger partial charge in [-0.25, -0.2) is 12.8 Å². The van der Waals surface area contributed by atoms with Crippen LogP contribution in [-0.4, -0.2) is 14.5 Å². The molecule has 1 atom stereocenters. The fourth-order valence-electron chi connectivity index (χ4n) is 2.81. The van der Waals surface area contributed by atoms with Crippen LogP contribution < -0.4 is 4.31 Å². The molecule has 0 unspecified atom stereocenters. The van der Waals surface area contributed by atoms with Gasteiger partial charge in [0.2, 0.25) is 0 Å². The van der Waals surface area contributed by atoms with Crippen LogP contribution in [0.5, 0.6) is 0 Å². The average molecular weight is 340 g/mol. The number of halogens is 2. The molecule has 22 heavy (non-hydrogen) atoms. The Balaban J connectivity index is 2.16. The molecule has 0 radical (unpaired) electrons. The van der Waals surface area contributed by atoms with Crippen molar-refractivity contribution in [3.05, 3.63) is 58.9 Å². The molecule has 3 nitrogen and oxygen atoms in total. The zero-order valence-corrected chi connectivity index (χ0v) is 13.5. The molecule has 2 aromatic carbocycles. The first-order valence-electron chi connectivity index (χ1n) is 6.98. The Morgan fingerprint density at radius 1 is 1.23 bits per heavy atom. The normalized spacial score (nSPS) is 18.1. The minimum absolute atomic E-state index is 0.170. The molecule has 0 N–H and O–H groups in total. The summed E-state index contributed by atoms with van der Waals surface area (Å²) < 4.78 is 41.3. The summed E-state index contributed by atoms with van der Waals surface area (Å²) in [4.78, 5) is -0.347. The van der Waals surface area contributed by atoms with Gasteiger partial charge >= 0.3 is 0 Å². The average Bonchev–Trinajstić information content (AvgIpc) is 2.46. The Morgan fingerprint density at radius 3 is 2.68 bits per heavy atom. The van der Waals surface area contributed by atoms with Gasteiger partial charge in [-0.1, -0.05) is 29.8 Å². The Morgan fingerprint density at radius 2 is 1.95 bits per heavy atom. The number of fused-ring (bicyclic) bond motifs is 1. The molecule has 1 heterocycles. The summed E-state index contributed by atoms with van der Waals surface area (Å²) in [6.45, 7) is 1.83. The highest BCUT2D eigenvalue weighted by atomic mass is 35.5. The van der Waals surface area contributed by atoms with Gasteiger partial charge in [-0.15, -0.1) is 0 Å². The van der Waals surface area contributed by atoms with Crippen molar-refractivity contribution in [3.8, 4) is 0 Å². The molecule has 0 saturated heterocycles. The van der Waals surface area contributed by atoms with Gasteiger partial charge in [0.15, 0.2) is 0 Å². The van der Waals surface area contributed by atoms with E-state index in [0.29, 0.717) is 12.1 Å². The molecule has 1 aliphatic heterocycles. The highest BCUT2D eigenvalue weighted by Crippen LogP contribution is 2.36. The fraction of sp³-hybridized carbons (Fsp3) is 0.250. The van der Waals surface area contributed by atoms with E-state index >= 15 is 0 Å². The summed E-state index contributed by atoms with van der Waals surface area (Å²) in [7, 11) is -3.97. The summed E-state index contributed by atoms with van der Waals surface area (Å²) in [6, 6.07) is 10.7. The highest BCUT2D eigenvalue weighted by Gasteiger charge is 2.35. The number of hydrogen-bond donors (Lipinski definition) is 0. The first-order chi connectivity index (χ1) is 10.4. The second-order valence-corrected chi connectivity index (χ2v) is 7.61. The minimum atomic E-state index is -3.97. The number of rotatable bonds is 2. The van der Waals surface area contributed by atoms with E-state index in [0.717, 1.165) is 18.1 Å². The van der Waals surface area contributed by atoms with Crippen LogP contribution in [0.1, 0.15) is 18.9 Å².